The first kappa shape index (κ1) is 16.4. The molecule has 3 unspecified atom stereocenters. The summed E-state index contributed by atoms with van der Waals surface area (Å²) in [6.07, 6.45) is 1.94. The first-order valence-corrected chi connectivity index (χ1v) is 8.19. The normalized spacial score (nSPS) is 31.9. The van der Waals surface area contributed by atoms with Crippen LogP contribution >= 0.6 is 0 Å². The lowest BCUT2D eigenvalue weighted by Gasteiger charge is -2.65. The molecule has 0 spiro atoms. The second-order valence-electron chi connectivity index (χ2n) is 7.42. The summed E-state index contributed by atoms with van der Waals surface area (Å²) in [7, 11) is 1.76. The van der Waals surface area contributed by atoms with Gasteiger partial charge in [0, 0.05) is 31.5 Å². The Labute approximate surface area is 136 Å². The molecular formula is C18H25FN2O2. The highest BCUT2D eigenvalue weighted by molar-refractivity contribution is 5.89. The fraction of sp³-hybridized carbons (Fsp3) is 0.611. The largest absolute Gasteiger partial charge is 0.377 e. The molecule has 0 aromatic heterocycles. The van der Waals surface area contributed by atoms with Gasteiger partial charge >= 0.3 is 0 Å². The number of nitrogens with two attached hydrogens (primary N) is 1. The van der Waals surface area contributed by atoms with Crippen LogP contribution in [0.3, 0.4) is 0 Å². The molecule has 1 aromatic rings. The predicted octanol–water partition coefficient (Wildman–Crippen LogP) is 2.32. The van der Waals surface area contributed by atoms with Crippen molar-refractivity contribution in [3.63, 3.8) is 0 Å². The lowest BCUT2D eigenvalue weighted by Crippen LogP contribution is -2.82. The summed E-state index contributed by atoms with van der Waals surface area (Å²) in [5.74, 6) is -0.256. The van der Waals surface area contributed by atoms with Crippen LogP contribution in [-0.4, -0.2) is 36.1 Å². The predicted molar refractivity (Wildman–Crippen MR) is 86.0 cm³/mol. The Morgan fingerprint density at radius 3 is 2.70 bits per heavy atom. The molecule has 0 radical (unpaired) electrons. The number of amides is 1. The van der Waals surface area contributed by atoms with Crippen molar-refractivity contribution in [1.82, 2.24) is 4.90 Å². The molecule has 1 aromatic carbocycles. The summed E-state index contributed by atoms with van der Waals surface area (Å²) in [5.41, 5.74) is 6.24. The van der Waals surface area contributed by atoms with E-state index in [0.717, 1.165) is 25.0 Å². The third kappa shape index (κ3) is 2.37. The monoisotopic (exact) mass is 320 g/mol. The number of halogens is 1. The molecular weight excluding hydrogens is 295 g/mol. The average Bonchev–Trinajstić information content (AvgIpc) is 2.55. The zero-order valence-corrected chi connectivity index (χ0v) is 14.0. The molecule has 3 rings (SSSR count). The molecule has 2 fully saturated rings. The van der Waals surface area contributed by atoms with Crippen LogP contribution in [0, 0.1) is 17.2 Å². The van der Waals surface area contributed by atoms with E-state index in [-0.39, 0.29) is 29.2 Å². The average molecular weight is 320 g/mol. The number of hydrogen-bond donors (Lipinski definition) is 1. The van der Waals surface area contributed by atoms with Gasteiger partial charge < -0.3 is 15.4 Å². The van der Waals surface area contributed by atoms with Crippen LogP contribution in [0.5, 0.6) is 0 Å². The van der Waals surface area contributed by atoms with Crippen molar-refractivity contribution in [3.8, 4) is 0 Å². The topological polar surface area (TPSA) is 55.6 Å². The number of likely N-dealkylation sites (N-methyl/N-ethyl adjacent to an activating group) is 1. The Balaban J connectivity index is 1.77. The fourth-order valence-corrected chi connectivity index (χ4v) is 4.26. The Kier molecular flexibility index (Phi) is 3.97. The Morgan fingerprint density at radius 1 is 1.39 bits per heavy atom. The lowest BCUT2D eigenvalue weighted by molar-refractivity contribution is -0.229. The van der Waals surface area contributed by atoms with Gasteiger partial charge in [-0.2, -0.15) is 0 Å². The summed E-state index contributed by atoms with van der Waals surface area (Å²) in [6.45, 7) is 5.21. The van der Waals surface area contributed by atoms with Crippen LogP contribution in [0.4, 0.5) is 4.39 Å². The van der Waals surface area contributed by atoms with E-state index in [4.69, 9.17) is 10.5 Å². The third-order valence-corrected chi connectivity index (χ3v) is 5.72. The van der Waals surface area contributed by atoms with Gasteiger partial charge in [0.05, 0.1) is 6.10 Å². The zero-order chi connectivity index (χ0) is 16.8. The summed E-state index contributed by atoms with van der Waals surface area (Å²) in [6, 6.07) is 6.20. The van der Waals surface area contributed by atoms with Crippen molar-refractivity contribution in [2.45, 2.75) is 44.9 Å². The van der Waals surface area contributed by atoms with E-state index in [1.54, 1.807) is 24.1 Å². The molecule has 2 N–H and O–H groups in total. The van der Waals surface area contributed by atoms with E-state index in [1.807, 2.05) is 13.8 Å². The van der Waals surface area contributed by atoms with Crippen LogP contribution in [0.15, 0.2) is 24.3 Å². The molecule has 3 atom stereocenters. The van der Waals surface area contributed by atoms with E-state index in [0.29, 0.717) is 6.54 Å². The molecule has 1 aliphatic heterocycles. The van der Waals surface area contributed by atoms with E-state index in [2.05, 4.69) is 0 Å². The molecule has 1 saturated heterocycles. The SMILES string of the molecule is CN(Cc1ccc(F)cc1)C(=O)C1(N)C2CCCOC2C1(C)C. The van der Waals surface area contributed by atoms with Gasteiger partial charge in [-0.3, -0.25) is 4.79 Å². The highest BCUT2D eigenvalue weighted by Gasteiger charge is 2.70. The van der Waals surface area contributed by atoms with Crippen LogP contribution < -0.4 is 5.73 Å². The number of benzene rings is 1. The lowest BCUT2D eigenvalue weighted by atomic mass is 9.46. The molecule has 1 heterocycles. The van der Waals surface area contributed by atoms with Crippen molar-refractivity contribution in [1.29, 1.82) is 0 Å². The molecule has 126 valence electrons. The minimum absolute atomic E-state index is 0.0569. The molecule has 2 aliphatic rings. The van der Waals surface area contributed by atoms with Gasteiger partial charge in [-0.1, -0.05) is 26.0 Å². The second-order valence-corrected chi connectivity index (χ2v) is 7.42. The Morgan fingerprint density at radius 2 is 2.04 bits per heavy atom. The van der Waals surface area contributed by atoms with Gasteiger partial charge in [-0.05, 0) is 30.5 Å². The van der Waals surface area contributed by atoms with Gasteiger partial charge in [-0.25, -0.2) is 4.39 Å². The van der Waals surface area contributed by atoms with Crippen LogP contribution in [0.25, 0.3) is 0 Å². The maximum atomic E-state index is 13.1. The van der Waals surface area contributed by atoms with Crippen molar-refractivity contribution >= 4 is 5.91 Å². The zero-order valence-electron chi connectivity index (χ0n) is 14.0. The quantitative estimate of drug-likeness (QED) is 0.930. The smallest absolute Gasteiger partial charge is 0.243 e. The third-order valence-electron chi connectivity index (χ3n) is 5.72. The van der Waals surface area contributed by atoms with E-state index < -0.39 is 5.54 Å². The van der Waals surface area contributed by atoms with Crippen LogP contribution in [0.2, 0.25) is 0 Å². The first-order valence-electron chi connectivity index (χ1n) is 8.19. The Bertz CT molecular complexity index is 602. The highest BCUT2D eigenvalue weighted by Crippen LogP contribution is 2.57. The summed E-state index contributed by atoms with van der Waals surface area (Å²) < 4.78 is 18.9. The van der Waals surface area contributed by atoms with E-state index in [9.17, 15) is 9.18 Å². The number of ether oxygens (including phenoxy) is 1. The first-order chi connectivity index (χ1) is 10.8. The minimum atomic E-state index is -0.896. The molecule has 1 amide bonds. The molecule has 23 heavy (non-hydrogen) atoms. The summed E-state index contributed by atoms with van der Waals surface area (Å²) >= 11 is 0. The minimum Gasteiger partial charge on any atom is -0.377 e. The van der Waals surface area contributed by atoms with Crippen LogP contribution in [-0.2, 0) is 16.1 Å². The summed E-state index contributed by atoms with van der Waals surface area (Å²) in [4.78, 5) is 14.7. The number of carbonyl (C=O) groups is 1. The fourth-order valence-electron chi connectivity index (χ4n) is 4.26. The van der Waals surface area contributed by atoms with Gasteiger partial charge in [0.1, 0.15) is 11.4 Å². The van der Waals surface area contributed by atoms with E-state index in [1.165, 1.54) is 12.1 Å². The number of carbonyl (C=O) groups excluding carboxylic acids is 1. The van der Waals surface area contributed by atoms with E-state index >= 15 is 0 Å². The van der Waals surface area contributed by atoms with Gasteiger partial charge in [0.25, 0.3) is 0 Å². The molecule has 1 aliphatic carbocycles. The Hall–Kier alpha value is -1.46. The maximum Gasteiger partial charge on any atom is 0.243 e. The molecule has 5 heteroatoms. The van der Waals surface area contributed by atoms with Crippen molar-refractivity contribution in [3.05, 3.63) is 35.6 Å². The molecule has 4 nitrogen and oxygen atoms in total. The number of hydrogen-bond acceptors (Lipinski definition) is 3. The van der Waals surface area contributed by atoms with Crippen molar-refractivity contribution in [2.75, 3.05) is 13.7 Å². The standard InChI is InChI=1S/C18H25FN2O2/c1-17(2)15-14(5-4-10-23-15)18(17,20)16(22)21(3)11-12-6-8-13(19)9-7-12/h6-9,14-15H,4-5,10-11,20H2,1-3H3. The maximum absolute atomic E-state index is 13.1. The van der Waals surface area contributed by atoms with Gasteiger partial charge in [0.2, 0.25) is 5.91 Å². The molecule has 1 saturated carbocycles. The summed E-state index contributed by atoms with van der Waals surface area (Å²) in [5, 5.41) is 0. The van der Waals surface area contributed by atoms with Crippen molar-refractivity contribution < 1.29 is 13.9 Å². The number of rotatable bonds is 3. The van der Waals surface area contributed by atoms with Gasteiger partial charge in [-0.15, -0.1) is 0 Å². The second kappa shape index (κ2) is 5.56. The number of fused-ring (bicyclic) bond motifs is 1. The molecule has 0 bridgehead atoms. The van der Waals surface area contributed by atoms with Crippen molar-refractivity contribution in [2.24, 2.45) is 17.1 Å². The highest BCUT2D eigenvalue weighted by atomic mass is 19.1. The van der Waals surface area contributed by atoms with Gasteiger partial charge in [0.15, 0.2) is 0 Å². The number of nitrogens with zero attached hydrogens (tertiary/aromatic N) is 1. The van der Waals surface area contributed by atoms with Crippen LogP contribution in [0.1, 0.15) is 32.3 Å².